The van der Waals surface area contributed by atoms with Gasteiger partial charge in [-0.15, -0.1) is 0 Å². The number of hydrogen-bond acceptors (Lipinski definition) is 9. The molecule has 0 aliphatic rings. The van der Waals surface area contributed by atoms with Gasteiger partial charge >= 0.3 is 35.8 Å². The summed E-state index contributed by atoms with van der Waals surface area (Å²) in [5.74, 6) is -12.3. The summed E-state index contributed by atoms with van der Waals surface area (Å²) < 4.78 is -0.835. The van der Waals surface area contributed by atoms with Gasteiger partial charge in [-0.05, 0) is 222 Å². The van der Waals surface area contributed by atoms with E-state index in [1.54, 1.807) is 203 Å². The lowest BCUT2D eigenvalue weighted by atomic mass is 10.0. The molecule has 4 aromatic carbocycles. The molecular weight excluding hydrogens is 1820 g/mol. The molecule has 60 heavy (non-hydrogen) atoms. The zero-order valence-corrected chi connectivity index (χ0v) is 47.4. The molecule has 18 nitrogen and oxygen atoms in total. The second kappa shape index (κ2) is 20.7. The molecule has 0 radical (unpaired) electrons. The van der Waals surface area contributed by atoms with Gasteiger partial charge in [0, 0.05) is 27.4 Å². The Morgan fingerprint density at radius 3 is 0.583 bits per heavy atom. The maximum absolute atomic E-state index is 14.1. The van der Waals surface area contributed by atoms with E-state index in [-0.39, 0.29) is 49.2 Å². The summed E-state index contributed by atoms with van der Waals surface area (Å²) in [6.07, 6.45) is 0. The normalized spacial score (nSPS) is 10.8. The number of carboxylic acids is 6. The summed E-state index contributed by atoms with van der Waals surface area (Å²) in [4.78, 5) is 115. The number of carbonyl (C=O) groups excluding carboxylic acids is 3. The number of anilines is 3. The Labute approximate surface area is 456 Å². The van der Waals surface area contributed by atoms with Crippen LogP contribution in [0.25, 0.3) is 0 Å². The fourth-order valence-corrected chi connectivity index (χ4v) is 18.1. The molecule has 0 fully saturated rings. The molecule has 3 amide bonds. The summed E-state index contributed by atoms with van der Waals surface area (Å²) in [6, 6.07) is 2.95. The third-order valence-electron chi connectivity index (χ3n) is 7.67. The minimum atomic E-state index is -1.51. The molecule has 0 spiro atoms. The van der Waals surface area contributed by atoms with Crippen molar-refractivity contribution in [1.82, 2.24) is 0 Å². The van der Waals surface area contributed by atoms with Crippen molar-refractivity contribution in [1.29, 1.82) is 0 Å². The average Bonchev–Trinajstić information content (AvgIpc) is 3.12. The molecule has 0 saturated heterocycles. The number of aromatic carboxylic acids is 6. The first-order valence-electron chi connectivity index (χ1n) is 14.9. The van der Waals surface area contributed by atoms with Crippen molar-refractivity contribution in [3.8, 4) is 0 Å². The standard InChI is InChI=1S/C33H12I9N3O15/c34-13-7(28(49)50)16(37)22(17(38)8(13)29(51)52)43-25(46)4-1-5(26(47)44-23-18(39)9(30(53)54)14(35)10(19(23)40)31(55)56)3-6(2-4)27(48)45-24-20(41)11(32(57)58)15(36)12(21(24)42)33(59)60/h1-3H,(H,43,46)(H,44,47)(H,45,48)(H,49,50)(H,51,52)(H,53,54)(H,55,56)(H,57,58)(H,59,60). The van der Waals surface area contributed by atoms with Gasteiger partial charge in [-0.3, -0.25) is 14.4 Å². The molecule has 0 saturated carbocycles. The Balaban J connectivity index is 1.98. The molecule has 312 valence electrons. The third-order valence-corrected chi connectivity index (χ3v) is 17.4. The van der Waals surface area contributed by atoms with Crippen LogP contribution in [0.4, 0.5) is 17.1 Å². The second-order valence-corrected chi connectivity index (χ2v) is 20.9. The van der Waals surface area contributed by atoms with Crippen LogP contribution in [-0.4, -0.2) is 84.2 Å². The number of amides is 3. The first kappa shape index (κ1) is 51.3. The van der Waals surface area contributed by atoms with Gasteiger partial charge in [-0.25, -0.2) is 28.8 Å². The second-order valence-electron chi connectivity index (χ2n) is 11.2. The molecule has 4 rings (SSSR count). The quantitative estimate of drug-likeness (QED) is 0.0598. The molecule has 0 aliphatic heterocycles. The maximum atomic E-state index is 14.1. The molecule has 9 N–H and O–H groups in total. The first-order chi connectivity index (χ1) is 27.8. The van der Waals surface area contributed by atoms with Gasteiger partial charge in [0.1, 0.15) is 0 Å². The molecule has 0 aliphatic carbocycles. The van der Waals surface area contributed by atoms with E-state index in [1.807, 2.05) is 0 Å². The number of carbonyl (C=O) groups is 9. The summed E-state index contributed by atoms with van der Waals surface area (Å²) in [6.45, 7) is 0. The zero-order valence-electron chi connectivity index (χ0n) is 28.0. The summed E-state index contributed by atoms with van der Waals surface area (Å²) >= 11 is 14.3. The molecule has 0 aromatic heterocycles. The Morgan fingerprint density at radius 1 is 0.300 bits per heavy atom. The molecule has 0 unspecified atom stereocenters. The predicted molar refractivity (Wildman–Crippen MR) is 286 cm³/mol. The van der Waals surface area contributed by atoms with Crippen molar-refractivity contribution in [2.75, 3.05) is 16.0 Å². The zero-order chi connectivity index (χ0) is 45.6. The van der Waals surface area contributed by atoms with Crippen molar-refractivity contribution in [3.63, 3.8) is 0 Å². The molecule has 0 atom stereocenters. The van der Waals surface area contributed by atoms with E-state index in [1.165, 1.54) is 0 Å². The van der Waals surface area contributed by atoms with E-state index in [0.29, 0.717) is 0 Å². The van der Waals surface area contributed by atoms with Gasteiger partial charge in [0.15, 0.2) is 0 Å². The van der Waals surface area contributed by atoms with E-state index in [2.05, 4.69) is 16.0 Å². The minimum Gasteiger partial charge on any atom is -0.478 e. The van der Waals surface area contributed by atoms with Crippen molar-refractivity contribution in [2.45, 2.75) is 0 Å². The topological polar surface area (TPSA) is 311 Å². The highest BCUT2D eigenvalue weighted by atomic mass is 127. The van der Waals surface area contributed by atoms with Gasteiger partial charge < -0.3 is 46.6 Å². The lowest BCUT2D eigenvalue weighted by Gasteiger charge is -2.18. The number of halogens is 9. The van der Waals surface area contributed by atoms with Gasteiger partial charge in [-0.2, -0.15) is 0 Å². The SMILES string of the molecule is O=C(Nc1c(I)c(C(=O)O)c(I)c(C(=O)O)c1I)c1cc(C(=O)Nc2c(I)c(C(=O)O)c(I)c(C(=O)O)c2I)cc(C(=O)Nc2c(I)c(C(=O)O)c(I)c(C(=O)O)c2I)c1. The molecule has 27 heteroatoms. The van der Waals surface area contributed by atoms with E-state index < -0.39 is 104 Å². The number of hydrogen-bond donors (Lipinski definition) is 9. The van der Waals surface area contributed by atoms with Gasteiger partial charge in [0.25, 0.3) is 17.7 Å². The summed E-state index contributed by atoms with van der Waals surface area (Å²) in [5, 5.41) is 66.9. The Morgan fingerprint density at radius 2 is 0.450 bits per heavy atom. The highest BCUT2D eigenvalue weighted by Gasteiger charge is 2.32. The van der Waals surface area contributed by atoms with Crippen molar-refractivity contribution >= 4 is 274 Å². The average molecular weight is 1830 g/mol. The predicted octanol–water partition coefficient (Wildman–Crippen LogP) is 9.07. The van der Waals surface area contributed by atoms with E-state index >= 15 is 0 Å². The van der Waals surface area contributed by atoms with Gasteiger partial charge in [0.2, 0.25) is 0 Å². The summed E-state index contributed by atoms with van der Waals surface area (Å²) in [7, 11) is 0. The van der Waals surface area contributed by atoms with Crippen LogP contribution in [0.3, 0.4) is 0 Å². The monoisotopic (exact) mass is 1830 g/mol. The van der Waals surface area contributed by atoms with Crippen LogP contribution in [0, 0.1) is 32.1 Å². The molecule has 0 heterocycles. The first-order valence-corrected chi connectivity index (χ1v) is 24.6. The lowest BCUT2D eigenvalue weighted by Crippen LogP contribution is -2.23. The van der Waals surface area contributed by atoms with Crippen LogP contribution in [-0.2, 0) is 0 Å². The number of nitrogens with one attached hydrogen (secondary N) is 3. The van der Waals surface area contributed by atoms with E-state index in [9.17, 15) is 73.8 Å². The van der Waals surface area contributed by atoms with Crippen molar-refractivity contribution in [2.24, 2.45) is 0 Å². The van der Waals surface area contributed by atoms with Crippen molar-refractivity contribution < 1.29 is 73.8 Å². The van der Waals surface area contributed by atoms with Crippen LogP contribution in [0.5, 0.6) is 0 Å². The van der Waals surface area contributed by atoms with Gasteiger partial charge in [0.05, 0.1) is 71.9 Å². The van der Waals surface area contributed by atoms with Crippen LogP contribution in [0.2, 0.25) is 0 Å². The number of carboxylic acid groups (broad SMARTS) is 6. The fraction of sp³-hybridized carbons (Fsp3) is 0. The third kappa shape index (κ3) is 10.3. The lowest BCUT2D eigenvalue weighted by molar-refractivity contribution is 0.0672. The smallest absolute Gasteiger partial charge is 0.337 e. The molecule has 4 aromatic rings. The van der Waals surface area contributed by atoms with Crippen LogP contribution >= 0.6 is 203 Å². The van der Waals surface area contributed by atoms with E-state index in [4.69, 9.17) is 0 Å². The molecular formula is C33H12I9N3O15. The van der Waals surface area contributed by atoms with Crippen LogP contribution in [0.15, 0.2) is 18.2 Å². The Hall–Kier alpha value is -1.32. The van der Waals surface area contributed by atoms with Crippen LogP contribution < -0.4 is 16.0 Å². The molecule has 0 bridgehead atoms. The highest BCUT2D eigenvalue weighted by molar-refractivity contribution is 14.1. The minimum absolute atomic E-state index is 0.0724. The summed E-state index contributed by atoms with van der Waals surface area (Å²) in [5.41, 5.74) is -4.75. The highest BCUT2D eigenvalue weighted by Crippen LogP contribution is 2.39. The largest absolute Gasteiger partial charge is 0.478 e. The van der Waals surface area contributed by atoms with Crippen molar-refractivity contribution in [3.05, 3.63) is 100 Å². The Kier molecular flexibility index (Phi) is 17.7. The van der Waals surface area contributed by atoms with Gasteiger partial charge in [-0.1, -0.05) is 0 Å². The Bertz CT molecular complexity index is 2300. The number of rotatable bonds is 12. The maximum Gasteiger partial charge on any atom is 0.337 e. The van der Waals surface area contributed by atoms with Crippen LogP contribution in [0.1, 0.15) is 93.2 Å². The number of benzene rings is 4. The fourth-order valence-electron chi connectivity index (χ4n) is 5.03. The van der Waals surface area contributed by atoms with E-state index in [0.717, 1.165) is 18.2 Å².